The fraction of sp³-hybridized carbons (Fsp3) is 0.875. The van der Waals surface area contributed by atoms with Gasteiger partial charge in [-0.25, -0.2) is 0 Å². The maximum absolute atomic E-state index is 11.3. The van der Waals surface area contributed by atoms with Gasteiger partial charge in [-0.1, -0.05) is 13.8 Å². The molecule has 9 heteroatoms. The van der Waals surface area contributed by atoms with Crippen LogP contribution < -0.4 is 5.32 Å². The van der Waals surface area contributed by atoms with Crippen molar-refractivity contribution in [1.82, 2.24) is 5.32 Å². The number of carbonyl (C=O) groups excluding carboxylic acids is 1. The van der Waals surface area contributed by atoms with E-state index in [4.69, 9.17) is 9.66 Å². The molecule has 0 bridgehead atoms. The van der Waals surface area contributed by atoms with Crippen molar-refractivity contribution in [2.24, 2.45) is 5.41 Å². The molecule has 0 aromatic heterocycles. The first-order valence-corrected chi connectivity index (χ1v) is 6.23. The zero-order valence-corrected chi connectivity index (χ0v) is 12.9. The molecule has 0 heterocycles. The van der Waals surface area contributed by atoms with E-state index in [1.165, 1.54) is 13.8 Å². The average molecular weight is 295 g/mol. The Morgan fingerprint density at radius 3 is 2.24 bits per heavy atom. The molecular weight excluding hydrogens is 278 g/mol. The first-order valence-electron chi connectivity index (χ1n) is 4.62. The minimum atomic E-state index is -4.13. The molecule has 0 aliphatic heterocycles. The third-order valence-electron chi connectivity index (χ3n) is 2.06. The predicted molar refractivity (Wildman–Crippen MR) is 62.1 cm³/mol. The SMILES string of the molecule is CC(C)(CO)C(O)C(=O)NCCS(=O)(=O)O.[Ca+2]. The van der Waals surface area contributed by atoms with E-state index >= 15 is 0 Å². The number of aliphatic hydroxyl groups excluding tert-OH is 2. The molecular formula is C8H17CaNO6S+2. The van der Waals surface area contributed by atoms with Gasteiger partial charge in [0.05, 0.1) is 12.4 Å². The van der Waals surface area contributed by atoms with Crippen LogP contribution in [0.4, 0.5) is 0 Å². The number of nitrogens with one attached hydrogen (secondary N) is 1. The normalized spacial score (nSPS) is 13.7. The Kier molecular flexibility index (Phi) is 9.22. The van der Waals surface area contributed by atoms with Gasteiger partial charge in [-0.05, 0) is 0 Å². The van der Waals surface area contributed by atoms with Gasteiger partial charge in [-0.15, -0.1) is 0 Å². The molecule has 7 nitrogen and oxygen atoms in total. The summed E-state index contributed by atoms with van der Waals surface area (Å²) >= 11 is 0. The number of aliphatic hydroxyl groups is 2. The van der Waals surface area contributed by atoms with E-state index in [0.29, 0.717) is 0 Å². The molecule has 0 saturated carbocycles. The van der Waals surface area contributed by atoms with Gasteiger partial charge in [-0.2, -0.15) is 8.42 Å². The number of rotatable bonds is 6. The molecule has 0 aromatic rings. The number of hydrogen-bond acceptors (Lipinski definition) is 5. The molecule has 0 fully saturated rings. The van der Waals surface area contributed by atoms with Gasteiger partial charge in [0.15, 0.2) is 0 Å². The maximum atomic E-state index is 11.3. The van der Waals surface area contributed by atoms with Crippen molar-refractivity contribution in [2.45, 2.75) is 20.0 Å². The van der Waals surface area contributed by atoms with Crippen molar-refractivity contribution in [1.29, 1.82) is 0 Å². The number of hydrogen-bond donors (Lipinski definition) is 4. The third-order valence-corrected chi connectivity index (χ3v) is 2.78. The summed E-state index contributed by atoms with van der Waals surface area (Å²) in [5.41, 5.74) is -1.01. The molecule has 1 amide bonds. The van der Waals surface area contributed by atoms with Crippen molar-refractivity contribution in [3.05, 3.63) is 0 Å². The fourth-order valence-corrected chi connectivity index (χ4v) is 1.20. The molecule has 4 N–H and O–H groups in total. The summed E-state index contributed by atoms with van der Waals surface area (Å²) in [6.07, 6.45) is -1.45. The number of amides is 1. The molecule has 0 rings (SSSR count). The zero-order chi connectivity index (χ0) is 13.0. The monoisotopic (exact) mass is 295 g/mol. The first-order chi connectivity index (χ1) is 7.10. The first kappa shape index (κ1) is 19.9. The molecule has 0 aliphatic rings. The largest absolute Gasteiger partial charge is 2.00 e. The van der Waals surface area contributed by atoms with Gasteiger partial charge in [0.1, 0.15) is 6.10 Å². The molecule has 17 heavy (non-hydrogen) atoms. The van der Waals surface area contributed by atoms with Crippen LogP contribution in [0.25, 0.3) is 0 Å². The second-order valence-corrected chi connectivity index (χ2v) is 5.70. The van der Waals surface area contributed by atoms with Crippen molar-refractivity contribution in [3.8, 4) is 0 Å². The van der Waals surface area contributed by atoms with E-state index < -0.39 is 33.3 Å². The van der Waals surface area contributed by atoms with Crippen molar-refractivity contribution in [2.75, 3.05) is 18.9 Å². The molecule has 96 valence electrons. The summed E-state index contributed by atoms with van der Waals surface area (Å²) in [4.78, 5) is 11.3. The second kappa shape index (κ2) is 7.88. The van der Waals surface area contributed by atoms with Crippen molar-refractivity contribution >= 4 is 53.8 Å². The quantitative estimate of drug-likeness (QED) is 0.331. The standard InChI is InChI=1S/C8H17NO6S.Ca/c1-8(2,5-10)6(11)7(12)9-3-4-16(13,14)15;/h6,10-11H,3-5H2,1-2H3,(H,9,12)(H,13,14,15);/q;+2. The molecule has 0 saturated heterocycles. The van der Waals surface area contributed by atoms with Crippen LogP contribution in [0.5, 0.6) is 0 Å². The van der Waals surface area contributed by atoms with Gasteiger partial charge in [0, 0.05) is 12.0 Å². The van der Waals surface area contributed by atoms with Crippen LogP contribution in [-0.2, 0) is 14.9 Å². The van der Waals surface area contributed by atoms with Crippen LogP contribution in [0.2, 0.25) is 0 Å². The Hall–Kier alpha value is 0.560. The summed E-state index contributed by atoms with van der Waals surface area (Å²) in [6, 6.07) is 0. The van der Waals surface area contributed by atoms with E-state index in [2.05, 4.69) is 5.32 Å². The summed E-state index contributed by atoms with van der Waals surface area (Å²) in [7, 11) is -4.13. The summed E-state index contributed by atoms with van der Waals surface area (Å²) < 4.78 is 29.1. The smallest absolute Gasteiger partial charge is 0.396 e. The van der Waals surface area contributed by atoms with Crippen LogP contribution in [0.3, 0.4) is 0 Å². The van der Waals surface area contributed by atoms with Crippen LogP contribution in [0.1, 0.15) is 13.8 Å². The summed E-state index contributed by atoms with van der Waals surface area (Å²) in [5, 5.41) is 20.5. The van der Waals surface area contributed by atoms with Crippen molar-refractivity contribution in [3.63, 3.8) is 0 Å². The zero-order valence-electron chi connectivity index (χ0n) is 9.88. The minimum absolute atomic E-state index is 0. The molecule has 1 unspecified atom stereocenters. The predicted octanol–water partition coefficient (Wildman–Crippen LogP) is -2.01. The summed E-state index contributed by atoms with van der Waals surface area (Å²) in [5.74, 6) is -1.41. The van der Waals surface area contributed by atoms with E-state index in [1.54, 1.807) is 0 Å². The fourth-order valence-electron chi connectivity index (χ4n) is 0.841. The van der Waals surface area contributed by atoms with E-state index in [9.17, 15) is 18.3 Å². The van der Waals surface area contributed by atoms with Crippen LogP contribution in [0.15, 0.2) is 0 Å². The minimum Gasteiger partial charge on any atom is -0.396 e. The Bertz CT molecular complexity index is 342. The van der Waals surface area contributed by atoms with Gasteiger partial charge in [0.2, 0.25) is 5.91 Å². The Morgan fingerprint density at radius 1 is 1.41 bits per heavy atom. The maximum Gasteiger partial charge on any atom is 2.00 e. The van der Waals surface area contributed by atoms with Crippen LogP contribution >= 0.6 is 0 Å². The van der Waals surface area contributed by atoms with Gasteiger partial charge in [-0.3, -0.25) is 9.35 Å². The van der Waals surface area contributed by atoms with Crippen LogP contribution in [-0.4, -0.2) is 91.8 Å². The molecule has 1 atom stereocenters. The van der Waals surface area contributed by atoms with Crippen LogP contribution in [0, 0.1) is 5.41 Å². The number of carbonyl (C=O) groups is 1. The molecule has 0 spiro atoms. The third kappa shape index (κ3) is 8.30. The molecule has 0 aliphatic carbocycles. The van der Waals surface area contributed by atoms with Gasteiger partial charge < -0.3 is 15.5 Å². The topological polar surface area (TPSA) is 124 Å². The second-order valence-electron chi connectivity index (χ2n) is 4.13. The average Bonchev–Trinajstić information content (AvgIpc) is 2.14. The molecule has 0 aromatic carbocycles. The van der Waals surface area contributed by atoms with E-state index in [-0.39, 0.29) is 50.9 Å². The molecule has 0 radical (unpaired) electrons. The Morgan fingerprint density at radius 2 is 1.88 bits per heavy atom. The van der Waals surface area contributed by atoms with Gasteiger partial charge in [0.25, 0.3) is 10.1 Å². The summed E-state index contributed by atoms with van der Waals surface area (Å²) in [6.45, 7) is 2.29. The Balaban J connectivity index is 0. The van der Waals surface area contributed by atoms with E-state index in [0.717, 1.165) is 0 Å². The Labute approximate surface area is 130 Å². The van der Waals surface area contributed by atoms with Gasteiger partial charge >= 0.3 is 37.7 Å². The van der Waals surface area contributed by atoms with E-state index in [1.807, 2.05) is 0 Å². The van der Waals surface area contributed by atoms with Crippen molar-refractivity contribution < 1.29 is 28.0 Å².